The zero-order valence-electron chi connectivity index (χ0n) is 13.8. The van der Waals surface area contributed by atoms with Crippen LogP contribution in [0.3, 0.4) is 0 Å². The van der Waals surface area contributed by atoms with Crippen LogP contribution in [0.15, 0.2) is 0 Å². The summed E-state index contributed by atoms with van der Waals surface area (Å²) in [6, 6.07) is 0.448. The van der Waals surface area contributed by atoms with Gasteiger partial charge in [-0.25, -0.2) is 0 Å². The molecule has 0 bridgehead atoms. The van der Waals surface area contributed by atoms with E-state index >= 15 is 0 Å². The summed E-state index contributed by atoms with van der Waals surface area (Å²) in [5.74, 6) is 0. The van der Waals surface area contributed by atoms with Crippen LogP contribution in [-0.2, 0) is 10.8 Å². The van der Waals surface area contributed by atoms with Crippen molar-refractivity contribution < 1.29 is 4.21 Å². The van der Waals surface area contributed by atoms with Gasteiger partial charge in [-0.3, -0.25) is 4.21 Å². The molecule has 3 heteroatoms. The normalized spacial score (nSPS) is 29.9. The lowest BCUT2D eigenvalue weighted by Crippen LogP contribution is -2.42. The molecule has 4 unspecified atom stereocenters. The molecular formula is C17H35NOS. The maximum atomic E-state index is 12.8. The second-order valence-corrected chi connectivity index (χ2v) is 8.45. The van der Waals surface area contributed by atoms with Gasteiger partial charge in [-0.2, -0.15) is 0 Å². The molecule has 0 aliphatic heterocycles. The zero-order chi connectivity index (χ0) is 14.8. The Morgan fingerprint density at radius 1 is 1.00 bits per heavy atom. The minimum absolute atomic E-state index is 0.337. The number of hydrogen-bond acceptors (Lipinski definition) is 2. The Labute approximate surface area is 128 Å². The lowest BCUT2D eigenvalue weighted by atomic mass is 9.97. The topological polar surface area (TPSA) is 29.1 Å². The molecule has 20 heavy (non-hydrogen) atoms. The molecule has 0 saturated heterocycles. The van der Waals surface area contributed by atoms with Crippen LogP contribution in [0.4, 0.5) is 0 Å². The highest BCUT2D eigenvalue weighted by molar-refractivity contribution is 7.86. The summed E-state index contributed by atoms with van der Waals surface area (Å²) >= 11 is 0. The van der Waals surface area contributed by atoms with Crippen molar-refractivity contribution in [3.8, 4) is 0 Å². The molecule has 0 aromatic carbocycles. The molecule has 1 N–H and O–H groups in total. The van der Waals surface area contributed by atoms with Crippen LogP contribution < -0.4 is 5.32 Å². The summed E-state index contributed by atoms with van der Waals surface area (Å²) in [7, 11) is 1.37. The van der Waals surface area contributed by atoms with E-state index in [9.17, 15) is 4.21 Å². The standard InChI is InChI=1S/C17H35NOS/c1-4-15(2)20(19)17-14-12-10-8-6-5-7-9-11-13-16(17)18-3/h15-18H,4-14H2,1-3H3. The first-order chi connectivity index (χ1) is 9.70. The van der Waals surface area contributed by atoms with Crippen molar-refractivity contribution in [3.05, 3.63) is 0 Å². The third-order valence-corrected chi connectivity index (χ3v) is 7.13. The second-order valence-electron chi connectivity index (χ2n) is 6.39. The van der Waals surface area contributed by atoms with Gasteiger partial charge in [0.05, 0.1) is 5.25 Å². The number of nitrogens with one attached hydrogen (secondary N) is 1. The zero-order valence-corrected chi connectivity index (χ0v) is 14.6. The van der Waals surface area contributed by atoms with Crippen molar-refractivity contribution >= 4 is 10.8 Å². The van der Waals surface area contributed by atoms with E-state index in [4.69, 9.17) is 0 Å². The fourth-order valence-electron chi connectivity index (χ4n) is 3.23. The second kappa shape index (κ2) is 10.8. The molecule has 0 aromatic heterocycles. The molecule has 0 amide bonds. The van der Waals surface area contributed by atoms with Crippen molar-refractivity contribution in [1.29, 1.82) is 0 Å². The van der Waals surface area contributed by atoms with E-state index in [1.165, 1.54) is 57.8 Å². The van der Waals surface area contributed by atoms with Crippen LogP contribution in [0.2, 0.25) is 0 Å². The molecule has 1 rings (SSSR count). The monoisotopic (exact) mass is 301 g/mol. The Balaban J connectivity index is 2.67. The predicted molar refractivity (Wildman–Crippen MR) is 90.7 cm³/mol. The molecule has 0 aromatic rings. The highest BCUT2D eigenvalue weighted by atomic mass is 32.2. The maximum Gasteiger partial charge on any atom is 0.0503 e. The quantitative estimate of drug-likeness (QED) is 0.833. The Kier molecular flexibility index (Phi) is 9.79. The molecule has 1 fully saturated rings. The summed E-state index contributed by atoms with van der Waals surface area (Å²) in [5, 5.41) is 4.17. The molecule has 1 aliphatic carbocycles. The minimum atomic E-state index is -0.686. The van der Waals surface area contributed by atoms with E-state index in [0.717, 1.165) is 12.8 Å². The molecular weight excluding hydrogens is 266 g/mol. The van der Waals surface area contributed by atoms with E-state index in [1.807, 2.05) is 0 Å². The van der Waals surface area contributed by atoms with Crippen LogP contribution in [-0.4, -0.2) is 27.8 Å². The SMILES string of the molecule is CCC(C)S(=O)C1CCCCCCCCCCC1NC. The maximum absolute atomic E-state index is 12.8. The molecule has 120 valence electrons. The molecule has 0 radical (unpaired) electrons. The average Bonchev–Trinajstić information content (AvgIpc) is 2.46. The van der Waals surface area contributed by atoms with Gasteiger partial charge in [0.2, 0.25) is 0 Å². The van der Waals surface area contributed by atoms with Gasteiger partial charge in [0.25, 0.3) is 0 Å². The van der Waals surface area contributed by atoms with E-state index in [2.05, 4.69) is 26.2 Å². The fourth-order valence-corrected chi connectivity index (χ4v) is 5.15. The van der Waals surface area contributed by atoms with Crippen molar-refractivity contribution in [2.45, 2.75) is 101 Å². The van der Waals surface area contributed by atoms with Gasteiger partial charge in [0.15, 0.2) is 0 Å². The lowest BCUT2D eigenvalue weighted by molar-refractivity contribution is 0.427. The van der Waals surface area contributed by atoms with Crippen LogP contribution in [0.25, 0.3) is 0 Å². The first-order valence-corrected chi connectivity index (χ1v) is 10.0. The smallest absolute Gasteiger partial charge is 0.0503 e. The molecule has 0 heterocycles. The van der Waals surface area contributed by atoms with E-state index in [1.54, 1.807) is 0 Å². The number of hydrogen-bond donors (Lipinski definition) is 1. The van der Waals surface area contributed by atoms with Gasteiger partial charge in [-0.1, -0.05) is 65.2 Å². The Morgan fingerprint density at radius 2 is 1.50 bits per heavy atom. The number of rotatable bonds is 4. The lowest BCUT2D eigenvalue weighted by Gasteiger charge is -2.29. The highest BCUT2D eigenvalue weighted by Crippen LogP contribution is 2.23. The van der Waals surface area contributed by atoms with Gasteiger partial charge >= 0.3 is 0 Å². The third kappa shape index (κ3) is 6.26. The summed E-state index contributed by atoms with van der Waals surface area (Å²) < 4.78 is 12.8. The summed E-state index contributed by atoms with van der Waals surface area (Å²) in [6.07, 6.45) is 14.1. The van der Waals surface area contributed by atoms with Crippen LogP contribution in [0.1, 0.15) is 84.5 Å². The molecule has 4 atom stereocenters. The van der Waals surface area contributed by atoms with E-state index < -0.39 is 10.8 Å². The van der Waals surface area contributed by atoms with Gasteiger partial charge in [0, 0.05) is 22.1 Å². The summed E-state index contributed by atoms with van der Waals surface area (Å²) in [6.45, 7) is 4.31. The van der Waals surface area contributed by atoms with Crippen LogP contribution >= 0.6 is 0 Å². The van der Waals surface area contributed by atoms with Crippen molar-refractivity contribution in [2.24, 2.45) is 0 Å². The van der Waals surface area contributed by atoms with Crippen molar-refractivity contribution in [1.82, 2.24) is 5.32 Å². The van der Waals surface area contributed by atoms with Gasteiger partial charge in [0.1, 0.15) is 0 Å². The van der Waals surface area contributed by atoms with Crippen LogP contribution in [0.5, 0.6) is 0 Å². The molecule has 1 saturated carbocycles. The third-order valence-electron chi connectivity index (χ3n) is 4.84. The first-order valence-electron chi connectivity index (χ1n) is 8.77. The minimum Gasteiger partial charge on any atom is -0.316 e. The summed E-state index contributed by atoms with van der Waals surface area (Å²) in [4.78, 5) is 0. The average molecular weight is 302 g/mol. The largest absolute Gasteiger partial charge is 0.316 e. The van der Waals surface area contributed by atoms with Gasteiger partial charge in [-0.15, -0.1) is 0 Å². The molecule has 1 aliphatic rings. The van der Waals surface area contributed by atoms with Crippen molar-refractivity contribution in [2.75, 3.05) is 7.05 Å². The van der Waals surface area contributed by atoms with Crippen LogP contribution in [0, 0.1) is 0 Å². The fraction of sp³-hybridized carbons (Fsp3) is 1.00. The van der Waals surface area contributed by atoms with E-state index in [-0.39, 0.29) is 0 Å². The Bertz CT molecular complexity index is 270. The molecule has 0 spiro atoms. The van der Waals surface area contributed by atoms with E-state index in [0.29, 0.717) is 16.5 Å². The van der Waals surface area contributed by atoms with Crippen molar-refractivity contribution in [3.63, 3.8) is 0 Å². The van der Waals surface area contributed by atoms with Gasteiger partial charge in [-0.05, 0) is 26.3 Å². The first kappa shape index (κ1) is 18.2. The highest BCUT2D eigenvalue weighted by Gasteiger charge is 2.28. The Hall–Kier alpha value is 0.110. The predicted octanol–water partition coefficient (Wildman–Crippen LogP) is 4.40. The summed E-state index contributed by atoms with van der Waals surface area (Å²) in [5.41, 5.74) is 0. The Morgan fingerprint density at radius 3 is 2.00 bits per heavy atom. The van der Waals surface area contributed by atoms with Gasteiger partial charge < -0.3 is 5.32 Å². The molecule has 2 nitrogen and oxygen atoms in total.